The van der Waals surface area contributed by atoms with E-state index < -0.39 is 97.5 Å². The Balaban J connectivity index is 5.21. The van der Waals surface area contributed by atoms with Gasteiger partial charge < -0.3 is 33.8 Å². The summed E-state index contributed by atoms with van der Waals surface area (Å²) >= 11 is 0. The van der Waals surface area contributed by atoms with Crippen molar-refractivity contribution in [1.29, 1.82) is 0 Å². The largest absolute Gasteiger partial charge is 0.472 e. The van der Waals surface area contributed by atoms with Gasteiger partial charge in [0.25, 0.3) is 0 Å². The summed E-state index contributed by atoms with van der Waals surface area (Å²) in [5, 5.41) is 10.6. The average molecular weight is 1400 g/mol. The molecule has 0 bridgehead atoms. The third kappa shape index (κ3) is 67.6. The van der Waals surface area contributed by atoms with E-state index in [0.29, 0.717) is 31.6 Å². The number of phosphoric acid groups is 2. The van der Waals surface area contributed by atoms with Gasteiger partial charge in [0, 0.05) is 25.7 Å². The molecule has 0 aromatic heterocycles. The molecule has 0 rings (SSSR count). The fourth-order valence-corrected chi connectivity index (χ4v) is 13.1. The Hall–Kier alpha value is -1.94. The van der Waals surface area contributed by atoms with E-state index in [1.54, 1.807) is 0 Å². The van der Waals surface area contributed by atoms with Crippen LogP contribution in [0.3, 0.4) is 0 Å². The van der Waals surface area contributed by atoms with E-state index >= 15 is 0 Å². The Morgan fingerprint density at radius 2 is 0.505 bits per heavy atom. The predicted molar refractivity (Wildman–Crippen MR) is 386 cm³/mol. The van der Waals surface area contributed by atoms with E-state index in [0.717, 1.165) is 114 Å². The van der Waals surface area contributed by atoms with Gasteiger partial charge in [0.1, 0.15) is 19.3 Å². The summed E-state index contributed by atoms with van der Waals surface area (Å²) in [5.41, 5.74) is 0. The molecule has 0 radical (unpaired) electrons. The quantitative estimate of drug-likeness (QED) is 0.0222. The van der Waals surface area contributed by atoms with Crippen LogP contribution in [-0.4, -0.2) is 96.7 Å². The smallest absolute Gasteiger partial charge is 0.462 e. The number of phosphoric ester groups is 2. The van der Waals surface area contributed by atoms with Crippen LogP contribution < -0.4 is 0 Å². The molecular weight excluding hydrogens is 1250 g/mol. The van der Waals surface area contributed by atoms with Gasteiger partial charge in [-0.1, -0.05) is 331 Å². The molecule has 0 aromatic rings. The van der Waals surface area contributed by atoms with Gasteiger partial charge in [0.2, 0.25) is 0 Å². The molecule has 0 aliphatic rings. The first-order chi connectivity index (χ1) is 45.7. The topological polar surface area (TPSA) is 237 Å². The van der Waals surface area contributed by atoms with E-state index in [4.69, 9.17) is 37.0 Å². The monoisotopic (exact) mass is 1400 g/mol. The first-order valence-corrected chi connectivity index (χ1v) is 42.3. The van der Waals surface area contributed by atoms with Crippen LogP contribution in [-0.2, 0) is 65.4 Å². The zero-order valence-corrected chi connectivity index (χ0v) is 64.1. The zero-order chi connectivity index (χ0) is 70.3. The summed E-state index contributed by atoms with van der Waals surface area (Å²) in [6, 6.07) is 0. The lowest BCUT2D eigenvalue weighted by atomic mass is 9.99. The third-order valence-corrected chi connectivity index (χ3v) is 20.2. The number of aliphatic hydroxyl groups excluding tert-OH is 1. The van der Waals surface area contributed by atoms with E-state index in [1.165, 1.54) is 180 Å². The maximum atomic E-state index is 13.1. The molecule has 0 aromatic carbocycles. The van der Waals surface area contributed by atoms with Gasteiger partial charge in [-0.05, 0) is 49.4 Å². The molecular formula is C76H148O17P2. The molecule has 0 amide bonds. The van der Waals surface area contributed by atoms with Crippen LogP contribution in [0.2, 0.25) is 0 Å². The lowest BCUT2D eigenvalue weighted by Gasteiger charge is -2.21. The van der Waals surface area contributed by atoms with E-state index in [-0.39, 0.29) is 25.7 Å². The number of hydrogen-bond donors (Lipinski definition) is 3. The van der Waals surface area contributed by atoms with Crippen LogP contribution in [0.15, 0.2) is 0 Å². The van der Waals surface area contributed by atoms with Crippen molar-refractivity contribution in [3.63, 3.8) is 0 Å². The second-order valence-electron chi connectivity index (χ2n) is 28.8. The molecule has 7 atom stereocenters. The van der Waals surface area contributed by atoms with Crippen LogP contribution in [0.1, 0.15) is 383 Å². The van der Waals surface area contributed by atoms with Gasteiger partial charge in [-0.15, -0.1) is 0 Å². The molecule has 19 heteroatoms. The number of esters is 4. The maximum absolute atomic E-state index is 13.1. The van der Waals surface area contributed by atoms with Crippen LogP contribution >= 0.6 is 15.6 Å². The highest BCUT2D eigenvalue weighted by Gasteiger charge is 2.30. The highest BCUT2D eigenvalue weighted by atomic mass is 31.2. The highest BCUT2D eigenvalue weighted by molar-refractivity contribution is 7.47. The van der Waals surface area contributed by atoms with Crippen molar-refractivity contribution in [1.82, 2.24) is 0 Å². The minimum Gasteiger partial charge on any atom is -0.462 e. The van der Waals surface area contributed by atoms with Crippen molar-refractivity contribution in [3.05, 3.63) is 0 Å². The van der Waals surface area contributed by atoms with E-state index in [9.17, 15) is 43.2 Å². The molecule has 0 aliphatic carbocycles. The van der Waals surface area contributed by atoms with Crippen LogP contribution in [0.5, 0.6) is 0 Å². The number of unbranched alkanes of at least 4 members (excludes halogenated alkanes) is 37. The first kappa shape index (κ1) is 93.1. The Kier molecular flexibility index (Phi) is 64.0. The van der Waals surface area contributed by atoms with Crippen molar-refractivity contribution in [2.75, 3.05) is 39.6 Å². The van der Waals surface area contributed by atoms with Crippen LogP contribution in [0, 0.1) is 23.7 Å². The maximum Gasteiger partial charge on any atom is 0.472 e. The Labute approximate surface area is 581 Å². The number of hydrogen-bond acceptors (Lipinski definition) is 15. The molecule has 3 N–H and O–H groups in total. The first-order valence-electron chi connectivity index (χ1n) is 39.3. The van der Waals surface area contributed by atoms with Crippen molar-refractivity contribution in [2.24, 2.45) is 23.7 Å². The zero-order valence-electron chi connectivity index (χ0n) is 62.3. The molecule has 4 unspecified atom stereocenters. The molecule has 0 fully saturated rings. The predicted octanol–water partition coefficient (Wildman–Crippen LogP) is 22.0. The van der Waals surface area contributed by atoms with Crippen molar-refractivity contribution >= 4 is 39.5 Å². The molecule has 0 saturated heterocycles. The van der Waals surface area contributed by atoms with Gasteiger partial charge in [-0.25, -0.2) is 9.13 Å². The average Bonchev–Trinajstić information content (AvgIpc) is 2.58. The second-order valence-corrected chi connectivity index (χ2v) is 31.7. The van der Waals surface area contributed by atoms with Crippen molar-refractivity contribution < 1.29 is 80.2 Å². The lowest BCUT2D eigenvalue weighted by Crippen LogP contribution is -2.30. The highest BCUT2D eigenvalue weighted by Crippen LogP contribution is 2.45. The van der Waals surface area contributed by atoms with Gasteiger partial charge >= 0.3 is 39.5 Å². The van der Waals surface area contributed by atoms with Gasteiger partial charge in [-0.3, -0.25) is 37.3 Å². The standard InChI is InChI=1S/C76H148O17P2/c1-9-68(7)54-46-38-30-24-21-22-25-31-40-48-56-73(78)86-62-71(92-75(80)58-50-42-32-26-20-18-16-14-12-11-13-15-17-19-23-28-36-44-52-66(3)4)64-90-94(82,83)88-60-70(77)61-89-95(84,85)91-65-72(93-76(81)59-51-43-33-27-29-37-45-53-67(5)6)63-87-74(79)57-49-41-35-34-39-47-55-69(8)10-2/h66-72,77H,9-65H2,1-8H3,(H,82,83)(H,84,85)/t68?,69?,70-,71-,72-/m1/s1. The Morgan fingerprint density at radius 3 is 0.747 bits per heavy atom. The Morgan fingerprint density at radius 1 is 0.295 bits per heavy atom. The molecule has 564 valence electrons. The summed E-state index contributed by atoms with van der Waals surface area (Å²) < 4.78 is 68.5. The summed E-state index contributed by atoms with van der Waals surface area (Å²) in [6.07, 6.45) is 50.1. The normalized spacial score (nSPS) is 14.7. The number of ether oxygens (including phenoxy) is 4. The van der Waals surface area contributed by atoms with E-state index in [1.807, 2.05) is 0 Å². The van der Waals surface area contributed by atoms with Crippen molar-refractivity contribution in [2.45, 2.75) is 401 Å². The number of carbonyl (C=O) groups excluding carboxylic acids is 4. The van der Waals surface area contributed by atoms with Gasteiger partial charge in [0.15, 0.2) is 12.2 Å². The molecule has 17 nitrogen and oxygen atoms in total. The number of aliphatic hydroxyl groups is 1. The minimum absolute atomic E-state index is 0.102. The van der Waals surface area contributed by atoms with Crippen LogP contribution in [0.4, 0.5) is 0 Å². The van der Waals surface area contributed by atoms with Gasteiger partial charge in [0.05, 0.1) is 26.4 Å². The lowest BCUT2D eigenvalue weighted by molar-refractivity contribution is -0.161. The molecule has 0 heterocycles. The summed E-state index contributed by atoms with van der Waals surface area (Å²) in [4.78, 5) is 72.7. The summed E-state index contributed by atoms with van der Waals surface area (Å²) in [7, 11) is -9.91. The summed E-state index contributed by atoms with van der Waals surface area (Å²) in [6.45, 7) is 14.2. The summed E-state index contributed by atoms with van der Waals surface area (Å²) in [5.74, 6) is 0.931. The number of carbonyl (C=O) groups is 4. The van der Waals surface area contributed by atoms with Gasteiger partial charge in [-0.2, -0.15) is 0 Å². The third-order valence-electron chi connectivity index (χ3n) is 18.3. The SMILES string of the molecule is CCC(C)CCCCCCCCCCCCC(=O)OC[C@H](COP(=O)(O)OC[C@@H](O)COP(=O)(O)OC[C@@H](COC(=O)CCCCCCCCC(C)CC)OC(=O)CCCCCCCCCC(C)C)OC(=O)CCCCCCCCCCCCCCCCCCCCC(C)C. The molecule has 0 saturated carbocycles. The van der Waals surface area contributed by atoms with Crippen molar-refractivity contribution in [3.8, 4) is 0 Å². The fraction of sp³-hybridized carbons (Fsp3) is 0.947. The molecule has 0 spiro atoms. The Bertz CT molecular complexity index is 1870. The fourth-order valence-electron chi connectivity index (χ4n) is 11.5. The minimum atomic E-state index is -4.96. The van der Waals surface area contributed by atoms with Crippen LogP contribution in [0.25, 0.3) is 0 Å². The molecule has 95 heavy (non-hydrogen) atoms. The molecule has 0 aliphatic heterocycles. The van der Waals surface area contributed by atoms with E-state index in [2.05, 4.69) is 55.4 Å². The number of rotatable bonds is 73. The second kappa shape index (κ2) is 65.4.